The maximum Gasteiger partial charge on any atom is 0.325 e. The highest BCUT2D eigenvalue weighted by Gasteiger charge is 2.47. The SMILES string of the molecule is C[C@]1(CCc2ccccc2)NC(=O)N(CC(=O)NC[C@H]2COc3ccccc3O2)C1=O. The molecule has 0 bridgehead atoms. The number of rotatable bonds is 7. The Labute approximate surface area is 180 Å². The highest BCUT2D eigenvalue weighted by atomic mass is 16.6. The van der Waals surface area contributed by atoms with Gasteiger partial charge in [0.05, 0.1) is 6.54 Å². The third-order valence-corrected chi connectivity index (χ3v) is 5.50. The van der Waals surface area contributed by atoms with E-state index in [4.69, 9.17) is 9.47 Å². The van der Waals surface area contributed by atoms with Gasteiger partial charge >= 0.3 is 6.03 Å². The summed E-state index contributed by atoms with van der Waals surface area (Å²) in [4.78, 5) is 38.6. The van der Waals surface area contributed by atoms with Gasteiger partial charge in [0.25, 0.3) is 5.91 Å². The number of hydrogen-bond acceptors (Lipinski definition) is 5. The summed E-state index contributed by atoms with van der Waals surface area (Å²) in [6.45, 7) is 1.87. The molecule has 2 aromatic carbocycles. The topological polar surface area (TPSA) is 97.0 Å². The molecule has 0 radical (unpaired) electrons. The number of ether oxygens (including phenoxy) is 2. The molecule has 0 saturated carbocycles. The fourth-order valence-electron chi connectivity index (χ4n) is 3.69. The number of imide groups is 1. The van der Waals surface area contributed by atoms with E-state index in [-0.39, 0.29) is 19.2 Å². The number of nitrogens with one attached hydrogen (secondary N) is 2. The van der Waals surface area contributed by atoms with Crippen LogP contribution in [0, 0.1) is 0 Å². The van der Waals surface area contributed by atoms with Crippen molar-refractivity contribution in [1.82, 2.24) is 15.5 Å². The van der Waals surface area contributed by atoms with E-state index in [9.17, 15) is 14.4 Å². The fourth-order valence-corrected chi connectivity index (χ4v) is 3.69. The second-order valence-electron chi connectivity index (χ2n) is 7.94. The van der Waals surface area contributed by atoms with Gasteiger partial charge in [0.15, 0.2) is 11.5 Å². The molecule has 1 fully saturated rings. The van der Waals surface area contributed by atoms with Crippen LogP contribution in [-0.2, 0) is 16.0 Å². The van der Waals surface area contributed by atoms with Crippen molar-refractivity contribution in [3.05, 3.63) is 60.2 Å². The summed E-state index contributed by atoms with van der Waals surface area (Å²) in [6.07, 6.45) is 0.745. The number of hydrogen-bond donors (Lipinski definition) is 2. The zero-order valence-electron chi connectivity index (χ0n) is 17.3. The summed E-state index contributed by atoms with van der Waals surface area (Å²) in [5.74, 6) is 0.462. The van der Waals surface area contributed by atoms with E-state index in [1.165, 1.54) is 0 Å². The van der Waals surface area contributed by atoms with Crippen molar-refractivity contribution in [1.29, 1.82) is 0 Å². The number of aryl methyl sites for hydroxylation is 1. The van der Waals surface area contributed by atoms with Gasteiger partial charge < -0.3 is 20.1 Å². The second-order valence-corrected chi connectivity index (χ2v) is 7.94. The van der Waals surface area contributed by atoms with Gasteiger partial charge in [-0.2, -0.15) is 0 Å². The van der Waals surface area contributed by atoms with Crippen molar-refractivity contribution in [2.75, 3.05) is 19.7 Å². The molecule has 4 amide bonds. The van der Waals surface area contributed by atoms with Crippen molar-refractivity contribution in [3.8, 4) is 11.5 Å². The molecule has 0 unspecified atom stereocenters. The van der Waals surface area contributed by atoms with E-state index in [2.05, 4.69) is 10.6 Å². The van der Waals surface area contributed by atoms with E-state index >= 15 is 0 Å². The number of benzene rings is 2. The summed E-state index contributed by atoms with van der Waals surface area (Å²) in [6, 6.07) is 16.5. The Morgan fingerprint density at radius 2 is 1.84 bits per heavy atom. The van der Waals surface area contributed by atoms with Gasteiger partial charge in [0.1, 0.15) is 24.8 Å². The van der Waals surface area contributed by atoms with Crippen LogP contribution >= 0.6 is 0 Å². The van der Waals surface area contributed by atoms with Crippen molar-refractivity contribution in [2.45, 2.75) is 31.4 Å². The molecule has 2 N–H and O–H groups in total. The molecule has 2 atom stereocenters. The Morgan fingerprint density at radius 3 is 2.61 bits per heavy atom. The van der Waals surface area contributed by atoms with Crippen LogP contribution in [-0.4, -0.2) is 54.1 Å². The summed E-state index contributed by atoms with van der Waals surface area (Å²) in [5, 5.41) is 5.45. The van der Waals surface area contributed by atoms with E-state index in [0.29, 0.717) is 30.9 Å². The van der Waals surface area contributed by atoms with E-state index in [0.717, 1.165) is 10.5 Å². The zero-order chi connectivity index (χ0) is 21.8. The van der Waals surface area contributed by atoms with Crippen LogP contribution in [0.15, 0.2) is 54.6 Å². The molecular formula is C23H25N3O5. The van der Waals surface area contributed by atoms with Crippen LogP contribution < -0.4 is 20.1 Å². The first kappa shape index (κ1) is 20.7. The van der Waals surface area contributed by atoms with Crippen LogP contribution in [0.25, 0.3) is 0 Å². The maximum absolute atomic E-state index is 12.9. The number of carbonyl (C=O) groups excluding carboxylic acids is 3. The van der Waals surface area contributed by atoms with Gasteiger partial charge in [-0.3, -0.25) is 14.5 Å². The lowest BCUT2D eigenvalue weighted by molar-refractivity contribution is -0.134. The van der Waals surface area contributed by atoms with Crippen molar-refractivity contribution in [3.63, 3.8) is 0 Å². The van der Waals surface area contributed by atoms with Crippen LogP contribution in [0.1, 0.15) is 18.9 Å². The van der Waals surface area contributed by atoms with Gasteiger partial charge in [-0.25, -0.2) is 4.79 Å². The molecule has 0 spiro atoms. The number of nitrogens with zero attached hydrogens (tertiary/aromatic N) is 1. The standard InChI is InChI=1S/C23H25N3O5/c1-23(12-11-16-7-3-2-4-8-16)21(28)26(22(29)25-23)14-20(27)24-13-17-15-30-18-9-5-6-10-19(18)31-17/h2-10,17H,11-15H2,1H3,(H,24,27)(H,25,29)/t17-,23+/m0/s1. The molecular weight excluding hydrogens is 398 g/mol. The fraction of sp³-hybridized carbons (Fsp3) is 0.348. The minimum absolute atomic E-state index is 0.210. The average Bonchev–Trinajstić information content (AvgIpc) is 3.00. The lowest BCUT2D eigenvalue weighted by atomic mass is 9.93. The van der Waals surface area contributed by atoms with E-state index in [1.54, 1.807) is 13.0 Å². The smallest absolute Gasteiger partial charge is 0.325 e. The molecule has 2 aliphatic rings. The van der Waals surface area contributed by atoms with Crippen molar-refractivity contribution < 1.29 is 23.9 Å². The summed E-state index contributed by atoms with van der Waals surface area (Å²) < 4.78 is 11.4. The van der Waals surface area contributed by atoms with Gasteiger partial charge in [0.2, 0.25) is 5.91 Å². The maximum atomic E-state index is 12.9. The molecule has 0 aromatic heterocycles. The van der Waals surface area contributed by atoms with Gasteiger partial charge in [-0.15, -0.1) is 0 Å². The van der Waals surface area contributed by atoms with Crippen LogP contribution in [0.4, 0.5) is 4.79 Å². The Hall–Kier alpha value is -3.55. The predicted molar refractivity (Wildman–Crippen MR) is 113 cm³/mol. The van der Waals surface area contributed by atoms with Crippen LogP contribution in [0.5, 0.6) is 11.5 Å². The Morgan fingerprint density at radius 1 is 1.13 bits per heavy atom. The van der Waals surface area contributed by atoms with E-state index < -0.39 is 23.4 Å². The molecule has 8 heteroatoms. The number of fused-ring (bicyclic) bond motifs is 1. The molecule has 8 nitrogen and oxygen atoms in total. The molecule has 0 aliphatic carbocycles. The van der Waals surface area contributed by atoms with Crippen molar-refractivity contribution >= 4 is 17.8 Å². The molecule has 2 aliphatic heterocycles. The largest absolute Gasteiger partial charge is 0.486 e. The monoisotopic (exact) mass is 423 g/mol. The summed E-state index contributed by atoms with van der Waals surface area (Å²) in [5.41, 5.74) is 0.0512. The lowest BCUT2D eigenvalue weighted by Gasteiger charge is -2.26. The average molecular weight is 423 g/mol. The van der Waals surface area contributed by atoms with Crippen LogP contribution in [0.2, 0.25) is 0 Å². The number of amides is 4. The third kappa shape index (κ3) is 4.63. The van der Waals surface area contributed by atoms with E-state index in [1.807, 2.05) is 48.5 Å². The first-order chi connectivity index (χ1) is 14.9. The normalized spacial score (nSPS) is 22.2. The highest BCUT2D eigenvalue weighted by molar-refractivity contribution is 6.08. The first-order valence-electron chi connectivity index (χ1n) is 10.3. The number of carbonyl (C=O) groups is 3. The van der Waals surface area contributed by atoms with Crippen molar-refractivity contribution in [2.24, 2.45) is 0 Å². The zero-order valence-corrected chi connectivity index (χ0v) is 17.3. The molecule has 162 valence electrons. The lowest BCUT2D eigenvalue weighted by Crippen LogP contribution is -2.47. The van der Waals surface area contributed by atoms with Gasteiger partial charge in [0, 0.05) is 0 Å². The minimum Gasteiger partial charge on any atom is -0.486 e. The minimum atomic E-state index is -1.03. The third-order valence-electron chi connectivity index (χ3n) is 5.50. The van der Waals surface area contributed by atoms with Gasteiger partial charge in [-0.1, -0.05) is 42.5 Å². The quantitative estimate of drug-likeness (QED) is 0.663. The number of urea groups is 1. The Bertz CT molecular complexity index is 980. The highest BCUT2D eigenvalue weighted by Crippen LogP contribution is 2.30. The predicted octanol–water partition coefficient (Wildman–Crippen LogP) is 1.89. The van der Waals surface area contributed by atoms with Crippen LogP contribution in [0.3, 0.4) is 0 Å². The molecule has 2 heterocycles. The van der Waals surface area contributed by atoms with Gasteiger partial charge in [-0.05, 0) is 37.5 Å². The summed E-state index contributed by atoms with van der Waals surface area (Å²) in [7, 11) is 0. The molecule has 1 saturated heterocycles. The second kappa shape index (κ2) is 8.67. The Balaban J connectivity index is 1.28. The molecule has 4 rings (SSSR count). The Kier molecular flexibility index (Phi) is 5.79. The molecule has 31 heavy (non-hydrogen) atoms. The first-order valence-corrected chi connectivity index (χ1v) is 10.3. The summed E-state index contributed by atoms with van der Waals surface area (Å²) >= 11 is 0. The molecule has 2 aromatic rings. The number of para-hydroxylation sites is 2.